The van der Waals surface area contributed by atoms with E-state index in [0.29, 0.717) is 12.2 Å². The van der Waals surface area contributed by atoms with Crippen molar-refractivity contribution < 1.29 is 23.8 Å². The van der Waals surface area contributed by atoms with Crippen LogP contribution in [0.4, 0.5) is 4.79 Å². The van der Waals surface area contributed by atoms with Crippen LogP contribution < -0.4 is 10.1 Å². The van der Waals surface area contributed by atoms with Crippen LogP contribution in [0.15, 0.2) is 54.6 Å². The predicted octanol–water partition coefficient (Wildman–Crippen LogP) is 4.58. The zero-order valence-corrected chi connectivity index (χ0v) is 17.4. The topological polar surface area (TPSA) is 73.9 Å². The van der Waals surface area contributed by atoms with Crippen LogP contribution in [-0.4, -0.2) is 37.4 Å². The van der Waals surface area contributed by atoms with Gasteiger partial charge in [-0.1, -0.05) is 42.5 Å². The van der Waals surface area contributed by atoms with Crippen LogP contribution in [0.2, 0.25) is 0 Å². The second-order valence-corrected chi connectivity index (χ2v) is 7.66. The van der Waals surface area contributed by atoms with Crippen molar-refractivity contribution >= 4 is 12.1 Å². The fourth-order valence-electron chi connectivity index (χ4n) is 2.66. The standard InChI is InChI=1S/C23H29NO5/c1-23(2,3)29-22(26)24-19(13-14-21(25)27-4)16-28-20-12-8-11-18(15-20)17-9-6-5-7-10-17/h5-12,15,19H,13-14,16H2,1-4H3,(H,24,26)/t19-/m0/s1. The molecule has 1 atom stereocenters. The molecular formula is C23H29NO5. The number of carbonyl (C=O) groups excluding carboxylic acids is 2. The van der Waals surface area contributed by atoms with Gasteiger partial charge >= 0.3 is 12.1 Å². The normalized spacial score (nSPS) is 12.0. The van der Waals surface area contributed by atoms with Gasteiger partial charge in [-0.05, 0) is 50.5 Å². The Labute approximate surface area is 172 Å². The van der Waals surface area contributed by atoms with Crippen molar-refractivity contribution in [2.24, 2.45) is 0 Å². The Morgan fingerprint density at radius 2 is 1.69 bits per heavy atom. The molecule has 0 spiro atoms. The zero-order valence-electron chi connectivity index (χ0n) is 17.4. The van der Waals surface area contributed by atoms with Gasteiger partial charge in [-0.15, -0.1) is 0 Å². The van der Waals surface area contributed by atoms with Crippen LogP contribution >= 0.6 is 0 Å². The first-order valence-electron chi connectivity index (χ1n) is 9.61. The molecule has 1 amide bonds. The van der Waals surface area contributed by atoms with Crippen LogP contribution in [0.1, 0.15) is 33.6 Å². The van der Waals surface area contributed by atoms with Crippen molar-refractivity contribution in [3.8, 4) is 16.9 Å². The number of esters is 1. The molecule has 0 unspecified atom stereocenters. The summed E-state index contributed by atoms with van der Waals surface area (Å²) >= 11 is 0. The number of hydrogen-bond donors (Lipinski definition) is 1. The first kappa shape index (κ1) is 22.3. The summed E-state index contributed by atoms with van der Waals surface area (Å²) in [6, 6.07) is 17.3. The third kappa shape index (κ3) is 8.25. The van der Waals surface area contributed by atoms with Crippen LogP contribution in [0, 0.1) is 0 Å². The van der Waals surface area contributed by atoms with Gasteiger partial charge in [-0.2, -0.15) is 0 Å². The highest BCUT2D eigenvalue weighted by Crippen LogP contribution is 2.23. The number of hydrogen-bond acceptors (Lipinski definition) is 5. The van der Waals surface area contributed by atoms with E-state index in [1.54, 1.807) is 20.8 Å². The number of rotatable bonds is 8. The number of amides is 1. The summed E-state index contributed by atoms with van der Waals surface area (Å²) in [4.78, 5) is 23.6. The van der Waals surface area contributed by atoms with Gasteiger partial charge in [0.25, 0.3) is 0 Å². The maximum absolute atomic E-state index is 12.1. The molecule has 0 heterocycles. The quantitative estimate of drug-likeness (QED) is 0.658. The zero-order chi connectivity index (χ0) is 21.3. The first-order chi connectivity index (χ1) is 13.8. The molecule has 0 radical (unpaired) electrons. The third-order valence-electron chi connectivity index (χ3n) is 4.04. The molecule has 2 aromatic rings. The monoisotopic (exact) mass is 399 g/mol. The molecule has 0 bridgehead atoms. The Bertz CT molecular complexity index is 798. The van der Waals surface area contributed by atoms with Crippen molar-refractivity contribution in [1.82, 2.24) is 5.32 Å². The van der Waals surface area contributed by atoms with Crippen molar-refractivity contribution in [2.75, 3.05) is 13.7 Å². The van der Waals surface area contributed by atoms with Gasteiger partial charge in [0.2, 0.25) is 0 Å². The fraction of sp³-hybridized carbons (Fsp3) is 0.391. The maximum atomic E-state index is 12.1. The van der Waals surface area contributed by atoms with E-state index in [1.165, 1.54) is 7.11 Å². The lowest BCUT2D eigenvalue weighted by Gasteiger charge is -2.23. The van der Waals surface area contributed by atoms with Crippen molar-refractivity contribution in [3.63, 3.8) is 0 Å². The molecule has 29 heavy (non-hydrogen) atoms. The molecule has 0 saturated carbocycles. The highest BCUT2D eigenvalue weighted by Gasteiger charge is 2.21. The van der Waals surface area contributed by atoms with E-state index in [0.717, 1.165) is 11.1 Å². The smallest absolute Gasteiger partial charge is 0.407 e. The summed E-state index contributed by atoms with van der Waals surface area (Å²) in [5, 5.41) is 2.78. The van der Waals surface area contributed by atoms with Crippen LogP contribution in [-0.2, 0) is 14.3 Å². The average molecular weight is 399 g/mol. The molecule has 0 aliphatic heterocycles. The summed E-state index contributed by atoms with van der Waals surface area (Å²) in [5.74, 6) is 0.340. The maximum Gasteiger partial charge on any atom is 0.407 e. The van der Waals surface area contributed by atoms with E-state index in [2.05, 4.69) is 10.1 Å². The lowest BCUT2D eigenvalue weighted by molar-refractivity contribution is -0.140. The Morgan fingerprint density at radius 3 is 2.34 bits per heavy atom. The minimum atomic E-state index is -0.609. The summed E-state index contributed by atoms with van der Waals surface area (Å²) < 4.78 is 15.9. The minimum Gasteiger partial charge on any atom is -0.491 e. The summed E-state index contributed by atoms with van der Waals surface area (Å²) in [7, 11) is 1.34. The first-order valence-corrected chi connectivity index (χ1v) is 9.61. The van der Waals surface area contributed by atoms with Gasteiger partial charge in [0.1, 0.15) is 18.0 Å². The van der Waals surface area contributed by atoms with Gasteiger partial charge in [0.15, 0.2) is 0 Å². The summed E-state index contributed by atoms with van der Waals surface area (Å²) in [6.45, 7) is 5.58. The molecule has 6 nitrogen and oxygen atoms in total. The van der Waals surface area contributed by atoms with E-state index in [1.807, 2.05) is 54.6 Å². The number of benzene rings is 2. The van der Waals surface area contributed by atoms with Crippen LogP contribution in [0.5, 0.6) is 5.75 Å². The second kappa shape index (κ2) is 10.5. The highest BCUT2D eigenvalue weighted by atomic mass is 16.6. The predicted molar refractivity (Wildman–Crippen MR) is 112 cm³/mol. The minimum absolute atomic E-state index is 0.171. The summed E-state index contributed by atoms with van der Waals surface area (Å²) in [6.07, 6.45) is 0.00305. The number of carbonyl (C=O) groups is 2. The second-order valence-electron chi connectivity index (χ2n) is 7.66. The summed E-state index contributed by atoms with van der Waals surface area (Å²) in [5.41, 5.74) is 1.52. The van der Waals surface area contributed by atoms with Gasteiger partial charge in [0.05, 0.1) is 13.2 Å². The molecule has 2 rings (SSSR count). The number of ether oxygens (including phenoxy) is 3. The molecular weight excluding hydrogens is 370 g/mol. The van der Waals surface area contributed by atoms with Crippen LogP contribution in [0.3, 0.4) is 0 Å². The van der Waals surface area contributed by atoms with Gasteiger partial charge in [0, 0.05) is 6.42 Å². The number of methoxy groups -OCH3 is 1. The van der Waals surface area contributed by atoms with E-state index in [4.69, 9.17) is 9.47 Å². The third-order valence-corrected chi connectivity index (χ3v) is 4.04. The highest BCUT2D eigenvalue weighted by molar-refractivity contribution is 5.70. The largest absolute Gasteiger partial charge is 0.491 e. The average Bonchev–Trinajstić information content (AvgIpc) is 2.69. The molecule has 0 saturated heterocycles. The lowest BCUT2D eigenvalue weighted by atomic mass is 10.1. The van der Waals surface area contributed by atoms with E-state index < -0.39 is 17.7 Å². The van der Waals surface area contributed by atoms with Crippen molar-refractivity contribution in [3.05, 3.63) is 54.6 Å². The fourth-order valence-corrected chi connectivity index (χ4v) is 2.66. The Hall–Kier alpha value is -3.02. The molecule has 2 aromatic carbocycles. The molecule has 0 aromatic heterocycles. The molecule has 0 fully saturated rings. The van der Waals surface area contributed by atoms with Gasteiger partial charge < -0.3 is 19.5 Å². The molecule has 0 aliphatic rings. The molecule has 1 N–H and O–H groups in total. The Balaban J connectivity index is 2.02. The molecule has 6 heteroatoms. The Kier molecular flexibility index (Phi) is 8.07. The lowest BCUT2D eigenvalue weighted by Crippen LogP contribution is -2.42. The van der Waals surface area contributed by atoms with E-state index >= 15 is 0 Å². The van der Waals surface area contributed by atoms with Crippen LogP contribution in [0.25, 0.3) is 11.1 Å². The van der Waals surface area contributed by atoms with Crippen molar-refractivity contribution in [2.45, 2.75) is 45.3 Å². The van der Waals surface area contributed by atoms with Gasteiger partial charge in [-0.25, -0.2) is 4.79 Å². The Morgan fingerprint density at radius 1 is 1.00 bits per heavy atom. The van der Waals surface area contributed by atoms with E-state index in [9.17, 15) is 9.59 Å². The SMILES string of the molecule is COC(=O)CC[C@@H](COc1cccc(-c2ccccc2)c1)NC(=O)OC(C)(C)C. The molecule has 156 valence electrons. The van der Waals surface area contributed by atoms with E-state index in [-0.39, 0.29) is 19.0 Å². The number of alkyl carbamates (subject to hydrolysis) is 1. The van der Waals surface area contributed by atoms with Gasteiger partial charge in [-0.3, -0.25) is 4.79 Å². The number of nitrogens with one attached hydrogen (secondary N) is 1. The van der Waals surface area contributed by atoms with Crippen molar-refractivity contribution in [1.29, 1.82) is 0 Å². The molecule has 0 aliphatic carbocycles.